The first-order valence-corrected chi connectivity index (χ1v) is 9.41. The van der Waals surface area contributed by atoms with E-state index in [4.69, 9.17) is 9.47 Å². The third-order valence-electron chi connectivity index (χ3n) is 3.53. The van der Waals surface area contributed by atoms with E-state index in [1.54, 1.807) is 13.0 Å². The van der Waals surface area contributed by atoms with Crippen LogP contribution in [0.25, 0.3) is 0 Å². The summed E-state index contributed by atoms with van der Waals surface area (Å²) in [6.45, 7) is 2.68. The molecular formula is C16H16BrNO4S. The first kappa shape index (κ1) is 16.3. The van der Waals surface area contributed by atoms with E-state index in [0.717, 1.165) is 10.0 Å². The number of rotatable bonds is 4. The van der Waals surface area contributed by atoms with Gasteiger partial charge in [0.05, 0.1) is 4.90 Å². The van der Waals surface area contributed by atoms with Crippen molar-refractivity contribution >= 4 is 26.0 Å². The Morgan fingerprint density at radius 2 is 1.78 bits per heavy atom. The highest BCUT2D eigenvalue weighted by Gasteiger charge is 2.22. The predicted octanol–water partition coefficient (Wildman–Crippen LogP) is 3.26. The maximum Gasteiger partial charge on any atom is 0.241 e. The summed E-state index contributed by atoms with van der Waals surface area (Å²) < 4.78 is 39.6. The molecule has 7 heteroatoms. The Hall–Kier alpha value is -1.57. The predicted molar refractivity (Wildman–Crippen MR) is 90.3 cm³/mol. The molecule has 1 atom stereocenters. The average molecular weight is 398 g/mol. The SMILES string of the molecule is C[C@@H](NS(=O)(=O)c1ccc2c(c1)OCCO2)c1ccccc1Br. The first-order valence-electron chi connectivity index (χ1n) is 7.14. The molecule has 1 heterocycles. The second-order valence-electron chi connectivity index (χ2n) is 5.17. The van der Waals surface area contributed by atoms with Crippen LogP contribution in [0.4, 0.5) is 0 Å². The maximum atomic E-state index is 12.6. The lowest BCUT2D eigenvalue weighted by atomic mass is 10.1. The van der Waals surface area contributed by atoms with E-state index < -0.39 is 10.0 Å². The number of halogens is 1. The normalized spacial score (nSPS) is 15.2. The molecule has 0 radical (unpaired) electrons. The number of sulfonamides is 1. The van der Waals surface area contributed by atoms with Crippen molar-refractivity contribution in [1.29, 1.82) is 0 Å². The van der Waals surface area contributed by atoms with Crippen LogP contribution in [-0.4, -0.2) is 21.6 Å². The van der Waals surface area contributed by atoms with E-state index in [-0.39, 0.29) is 10.9 Å². The number of hydrogen-bond donors (Lipinski definition) is 1. The van der Waals surface area contributed by atoms with E-state index in [0.29, 0.717) is 24.7 Å². The van der Waals surface area contributed by atoms with Crippen LogP contribution >= 0.6 is 15.9 Å². The Morgan fingerprint density at radius 1 is 1.09 bits per heavy atom. The Kier molecular flexibility index (Phi) is 4.61. The van der Waals surface area contributed by atoms with Crippen molar-refractivity contribution in [1.82, 2.24) is 4.72 Å². The zero-order valence-electron chi connectivity index (χ0n) is 12.5. The second kappa shape index (κ2) is 6.51. The second-order valence-corrected chi connectivity index (χ2v) is 7.74. The molecule has 0 unspecified atom stereocenters. The molecule has 0 bridgehead atoms. The van der Waals surface area contributed by atoms with Crippen molar-refractivity contribution in [2.24, 2.45) is 0 Å². The molecule has 2 aromatic carbocycles. The third-order valence-corrected chi connectivity index (χ3v) is 5.79. The smallest absolute Gasteiger partial charge is 0.241 e. The topological polar surface area (TPSA) is 64.6 Å². The largest absolute Gasteiger partial charge is 0.486 e. The molecule has 1 aliphatic rings. The summed E-state index contributed by atoms with van der Waals surface area (Å²) in [6.07, 6.45) is 0. The molecule has 0 saturated carbocycles. The first-order chi connectivity index (χ1) is 11.0. The summed E-state index contributed by atoms with van der Waals surface area (Å²) in [4.78, 5) is 0.153. The van der Waals surface area contributed by atoms with Crippen LogP contribution in [0.2, 0.25) is 0 Å². The highest BCUT2D eigenvalue weighted by Crippen LogP contribution is 2.33. The fraction of sp³-hybridized carbons (Fsp3) is 0.250. The molecule has 0 spiro atoms. The Balaban J connectivity index is 1.86. The molecule has 0 fully saturated rings. The van der Waals surface area contributed by atoms with Gasteiger partial charge in [-0.05, 0) is 30.7 Å². The Labute approximate surface area is 143 Å². The van der Waals surface area contributed by atoms with Crippen molar-refractivity contribution in [3.05, 3.63) is 52.5 Å². The minimum Gasteiger partial charge on any atom is -0.486 e. The number of ether oxygens (including phenoxy) is 2. The summed E-state index contributed by atoms with van der Waals surface area (Å²) >= 11 is 3.44. The summed E-state index contributed by atoms with van der Waals surface area (Å²) in [5.74, 6) is 1.02. The molecule has 0 saturated heterocycles. The molecule has 0 amide bonds. The van der Waals surface area contributed by atoms with E-state index in [1.165, 1.54) is 12.1 Å². The van der Waals surface area contributed by atoms with Crippen molar-refractivity contribution in [3.8, 4) is 11.5 Å². The Bertz CT molecular complexity index is 823. The maximum absolute atomic E-state index is 12.6. The molecule has 2 aromatic rings. The molecule has 0 aromatic heterocycles. The van der Waals surface area contributed by atoms with Gasteiger partial charge in [-0.3, -0.25) is 0 Å². The monoisotopic (exact) mass is 397 g/mol. The van der Waals surface area contributed by atoms with Gasteiger partial charge in [-0.1, -0.05) is 34.1 Å². The van der Waals surface area contributed by atoms with Gasteiger partial charge < -0.3 is 9.47 Å². The summed E-state index contributed by atoms with van der Waals surface area (Å²) in [5.41, 5.74) is 0.869. The van der Waals surface area contributed by atoms with Crippen LogP contribution in [0, 0.1) is 0 Å². The average Bonchev–Trinajstić information content (AvgIpc) is 2.54. The summed E-state index contributed by atoms with van der Waals surface area (Å²) in [5, 5.41) is 0. The number of fused-ring (bicyclic) bond motifs is 1. The van der Waals surface area contributed by atoms with Crippen LogP contribution in [-0.2, 0) is 10.0 Å². The van der Waals surface area contributed by atoms with E-state index >= 15 is 0 Å². The van der Waals surface area contributed by atoms with Crippen LogP contribution < -0.4 is 14.2 Å². The van der Waals surface area contributed by atoms with E-state index in [2.05, 4.69) is 20.7 Å². The molecule has 3 rings (SSSR count). The fourth-order valence-electron chi connectivity index (χ4n) is 2.38. The minimum atomic E-state index is -3.66. The lowest BCUT2D eigenvalue weighted by molar-refractivity contribution is 0.171. The van der Waals surface area contributed by atoms with Crippen molar-refractivity contribution in [2.75, 3.05) is 13.2 Å². The van der Waals surface area contributed by atoms with Crippen molar-refractivity contribution < 1.29 is 17.9 Å². The van der Waals surface area contributed by atoms with Crippen molar-refractivity contribution in [2.45, 2.75) is 17.9 Å². The van der Waals surface area contributed by atoms with Gasteiger partial charge in [-0.25, -0.2) is 13.1 Å². The minimum absolute atomic E-state index is 0.153. The third kappa shape index (κ3) is 3.52. The fourth-order valence-corrected chi connectivity index (χ4v) is 4.25. The van der Waals surface area contributed by atoms with Gasteiger partial charge in [0.1, 0.15) is 13.2 Å². The highest BCUT2D eigenvalue weighted by atomic mass is 79.9. The van der Waals surface area contributed by atoms with Crippen molar-refractivity contribution in [3.63, 3.8) is 0 Å². The quantitative estimate of drug-likeness (QED) is 0.859. The molecule has 122 valence electrons. The van der Waals surface area contributed by atoms with E-state index in [9.17, 15) is 8.42 Å². The van der Waals surface area contributed by atoms with Crippen LogP contribution in [0.5, 0.6) is 11.5 Å². The van der Waals surface area contributed by atoms with Gasteiger partial charge in [-0.15, -0.1) is 0 Å². The highest BCUT2D eigenvalue weighted by molar-refractivity contribution is 9.10. The molecule has 1 N–H and O–H groups in total. The zero-order chi connectivity index (χ0) is 16.4. The number of benzene rings is 2. The molecule has 0 aliphatic carbocycles. The Morgan fingerprint density at radius 3 is 2.52 bits per heavy atom. The van der Waals surface area contributed by atoms with Gasteiger partial charge in [0, 0.05) is 16.6 Å². The lowest BCUT2D eigenvalue weighted by Crippen LogP contribution is -2.27. The molecular weight excluding hydrogens is 382 g/mol. The summed E-state index contributed by atoms with van der Waals surface area (Å²) in [6, 6.07) is 11.8. The summed E-state index contributed by atoms with van der Waals surface area (Å²) in [7, 11) is -3.66. The van der Waals surface area contributed by atoms with E-state index in [1.807, 2.05) is 24.3 Å². The van der Waals surface area contributed by atoms with Gasteiger partial charge in [-0.2, -0.15) is 0 Å². The number of nitrogens with one attached hydrogen (secondary N) is 1. The molecule has 23 heavy (non-hydrogen) atoms. The van der Waals surface area contributed by atoms with Gasteiger partial charge in [0.2, 0.25) is 10.0 Å². The van der Waals surface area contributed by atoms with Crippen LogP contribution in [0.15, 0.2) is 51.8 Å². The standard InChI is InChI=1S/C16H16BrNO4S/c1-11(13-4-2-3-5-14(13)17)18-23(19,20)12-6-7-15-16(10-12)22-9-8-21-15/h2-7,10-11,18H,8-9H2,1H3/t11-/m1/s1. The number of hydrogen-bond acceptors (Lipinski definition) is 4. The van der Waals surface area contributed by atoms with Gasteiger partial charge >= 0.3 is 0 Å². The molecule has 5 nitrogen and oxygen atoms in total. The van der Waals surface area contributed by atoms with Crippen LogP contribution in [0.1, 0.15) is 18.5 Å². The van der Waals surface area contributed by atoms with Crippen LogP contribution in [0.3, 0.4) is 0 Å². The zero-order valence-corrected chi connectivity index (χ0v) is 14.9. The van der Waals surface area contributed by atoms with Gasteiger partial charge in [0.15, 0.2) is 11.5 Å². The van der Waals surface area contributed by atoms with Gasteiger partial charge in [0.25, 0.3) is 0 Å². The molecule has 1 aliphatic heterocycles. The lowest BCUT2D eigenvalue weighted by Gasteiger charge is -2.20.